The molecule has 1 aromatic heterocycles. The van der Waals surface area contributed by atoms with Gasteiger partial charge in [-0.1, -0.05) is 25.1 Å². The van der Waals surface area contributed by atoms with Crippen molar-refractivity contribution in [3.05, 3.63) is 30.0 Å². The van der Waals surface area contributed by atoms with Crippen LogP contribution in [0.25, 0.3) is 10.9 Å². The fourth-order valence-electron chi connectivity index (χ4n) is 2.92. The molecule has 0 radical (unpaired) electrons. The molecule has 0 aliphatic carbocycles. The van der Waals surface area contributed by atoms with Gasteiger partial charge >= 0.3 is 0 Å². The monoisotopic (exact) mass is 273 g/mol. The molecule has 0 spiro atoms. The van der Waals surface area contributed by atoms with E-state index in [2.05, 4.69) is 48.1 Å². The van der Waals surface area contributed by atoms with Crippen molar-refractivity contribution in [3.8, 4) is 0 Å². The predicted octanol–water partition coefficient (Wildman–Crippen LogP) is 2.71. The van der Waals surface area contributed by atoms with Crippen LogP contribution in [0.1, 0.15) is 32.4 Å². The number of nitrogens with one attached hydrogen (secondary N) is 1. The smallest absolute Gasteiger partial charge is 0.0841 e. The van der Waals surface area contributed by atoms with Gasteiger partial charge < -0.3 is 10.1 Å². The number of aromatic nitrogens is 2. The highest BCUT2D eigenvalue weighted by Gasteiger charge is 2.23. The zero-order valence-corrected chi connectivity index (χ0v) is 12.3. The molecule has 1 N–H and O–H groups in total. The Morgan fingerprint density at radius 1 is 1.35 bits per heavy atom. The Bertz CT molecular complexity index is 578. The molecule has 1 saturated heterocycles. The van der Waals surface area contributed by atoms with Crippen LogP contribution in [0.2, 0.25) is 0 Å². The molecule has 2 unspecified atom stereocenters. The van der Waals surface area contributed by atoms with E-state index in [-0.39, 0.29) is 0 Å². The predicted molar refractivity (Wildman–Crippen MR) is 80.7 cm³/mol. The Labute approximate surface area is 120 Å². The van der Waals surface area contributed by atoms with Crippen LogP contribution in [0.4, 0.5) is 0 Å². The number of nitrogens with zero attached hydrogens (tertiary/aromatic N) is 2. The van der Waals surface area contributed by atoms with E-state index in [0.717, 1.165) is 38.2 Å². The van der Waals surface area contributed by atoms with E-state index in [9.17, 15) is 0 Å². The highest BCUT2D eigenvalue weighted by atomic mass is 16.5. The molecular formula is C16H23N3O. The van der Waals surface area contributed by atoms with Crippen molar-refractivity contribution in [2.45, 2.75) is 52.0 Å². The van der Waals surface area contributed by atoms with Gasteiger partial charge in [0.15, 0.2) is 0 Å². The minimum Gasteiger partial charge on any atom is -0.373 e. The number of para-hydroxylation sites is 1. The van der Waals surface area contributed by atoms with E-state index in [1.807, 2.05) is 0 Å². The number of rotatable bonds is 5. The molecule has 1 fully saturated rings. The van der Waals surface area contributed by atoms with Gasteiger partial charge in [-0.05, 0) is 32.4 Å². The van der Waals surface area contributed by atoms with Crippen molar-refractivity contribution in [2.75, 3.05) is 6.54 Å². The summed E-state index contributed by atoms with van der Waals surface area (Å²) in [7, 11) is 0. The highest BCUT2D eigenvalue weighted by molar-refractivity contribution is 5.81. The molecule has 1 aromatic carbocycles. The van der Waals surface area contributed by atoms with Crippen molar-refractivity contribution in [3.63, 3.8) is 0 Å². The molecule has 20 heavy (non-hydrogen) atoms. The lowest BCUT2D eigenvalue weighted by Crippen LogP contribution is -2.18. The van der Waals surface area contributed by atoms with E-state index >= 15 is 0 Å². The molecule has 0 amide bonds. The third kappa shape index (κ3) is 2.72. The van der Waals surface area contributed by atoms with E-state index in [1.54, 1.807) is 0 Å². The molecule has 1 aliphatic heterocycles. The first kappa shape index (κ1) is 13.6. The summed E-state index contributed by atoms with van der Waals surface area (Å²) >= 11 is 0. The third-order valence-corrected chi connectivity index (χ3v) is 3.97. The summed E-state index contributed by atoms with van der Waals surface area (Å²) in [5.41, 5.74) is 2.34. The standard InChI is InChI=1S/C16H23N3O/c1-3-17-10-15-14-6-4-5-7-16(14)19(18-15)11-13-9-8-12(2)20-13/h4-7,12-13,17H,3,8-11H2,1-2H3. The second-order valence-corrected chi connectivity index (χ2v) is 5.57. The second-order valence-electron chi connectivity index (χ2n) is 5.57. The maximum Gasteiger partial charge on any atom is 0.0841 e. The maximum absolute atomic E-state index is 5.93. The first-order valence-corrected chi connectivity index (χ1v) is 7.58. The van der Waals surface area contributed by atoms with Gasteiger partial charge in [0.25, 0.3) is 0 Å². The van der Waals surface area contributed by atoms with Crippen LogP contribution < -0.4 is 5.32 Å². The van der Waals surface area contributed by atoms with Crippen LogP contribution in [0.3, 0.4) is 0 Å². The van der Waals surface area contributed by atoms with Crippen LogP contribution in [0.15, 0.2) is 24.3 Å². The minimum atomic E-state index is 0.306. The van der Waals surface area contributed by atoms with Crippen molar-refractivity contribution in [2.24, 2.45) is 0 Å². The van der Waals surface area contributed by atoms with Gasteiger partial charge in [-0.3, -0.25) is 4.68 Å². The second kappa shape index (κ2) is 5.94. The molecule has 0 bridgehead atoms. The molecule has 4 nitrogen and oxygen atoms in total. The molecule has 4 heteroatoms. The van der Waals surface area contributed by atoms with Crippen LogP contribution in [-0.4, -0.2) is 28.5 Å². The average molecular weight is 273 g/mol. The summed E-state index contributed by atoms with van der Waals surface area (Å²) in [5.74, 6) is 0. The average Bonchev–Trinajstić information content (AvgIpc) is 3.02. The molecular weight excluding hydrogens is 250 g/mol. The zero-order chi connectivity index (χ0) is 13.9. The van der Waals surface area contributed by atoms with Gasteiger partial charge in [-0.25, -0.2) is 0 Å². The molecule has 0 saturated carbocycles. The summed E-state index contributed by atoms with van der Waals surface area (Å²) in [6, 6.07) is 8.47. The lowest BCUT2D eigenvalue weighted by Gasteiger charge is -2.11. The van der Waals surface area contributed by atoms with Gasteiger partial charge in [0.2, 0.25) is 0 Å². The van der Waals surface area contributed by atoms with Crippen LogP contribution in [0, 0.1) is 0 Å². The van der Waals surface area contributed by atoms with E-state index < -0.39 is 0 Å². The van der Waals surface area contributed by atoms with Gasteiger partial charge in [0.05, 0.1) is 30.0 Å². The number of hydrogen-bond donors (Lipinski definition) is 1. The number of benzene rings is 1. The van der Waals surface area contributed by atoms with Crippen LogP contribution >= 0.6 is 0 Å². The summed E-state index contributed by atoms with van der Waals surface area (Å²) in [6.07, 6.45) is 3.00. The SMILES string of the molecule is CCNCc1nn(CC2CCC(C)O2)c2ccccc12. The van der Waals surface area contributed by atoms with Crippen molar-refractivity contribution < 1.29 is 4.74 Å². The summed E-state index contributed by atoms with van der Waals surface area (Å²) < 4.78 is 8.04. The Hall–Kier alpha value is -1.39. The Balaban J connectivity index is 1.86. The van der Waals surface area contributed by atoms with E-state index in [4.69, 9.17) is 9.84 Å². The Kier molecular flexibility index (Phi) is 4.03. The molecule has 108 valence electrons. The van der Waals surface area contributed by atoms with E-state index in [1.165, 1.54) is 10.9 Å². The zero-order valence-electron chi connectivity index (χ0n) is 12.3. The lowest BCUT2D eigenvalue weighted by molar-refractivity contribution is 0.0444. The van der Waals surface area contributed by atoms with Crippen molar-refractivity contribution in [1.29, 1.82) is 0 Å². The van der Waals surface area contributed by atoms with Crippen molar-refractivity contribution in [1.82, 2.24) is 15.1 Å². The Morgan fingerprint density at radius 2 is 2.20 bits per heavy atom. The van der Waals surface area contributed by atoms with Crippen LogP contribution in [-0.2, 0) is 17.8 Å². The maximum atomic E-state index is 5.93. The first-order chi connectivity index (χ1) is 9.78. The molecule has 3 rings (SSSR count). The fourth-order valence-corrected chi connectivity index (χ4v) is 2.92. The Morgan fingerprint density at radius 3 is 2.95 bits per heavy atom. The first-order valence-electron chi connectivity index (χ1n) is 7.58. The number of fused-ring (bicyclic) bond motifs is 1. The van der Waals surface area contributed by atoms with Crippen LogP contribution in [0.5, 0.6) is 0 Å². The number of hydrogen-bond acceptors (Lipinski definition) is 3. The highest BCUT2D eigenvalue weighted by Crippen LogP contribution is 2.23. The van der Waals surface area contributed by atoms with E-state index in [0.29, 0.717) is 12.2 Å². The van der Waals surface area contributed by atoms with Gasteiger partial charge in [0.1, 0.15) is 0 Å². The number of ether oxygens (including phenoxy) is 1. The largest absolute Gasteiger partial charge is 0.373 e. The summed E-state index contributed by atoms with van der Waals surface area (Å²) in [5, 5.41) is 9.40. The topological polar surface area (TPSA) is 39.1 Å². The molecule has 2 heterocycles. The normalized spacial score (nSPS) is 22.7. The fraction of sp³-hybridized carbons (Fsp3) is 0.562. The third-order valence-electron chi connectivity index (χ3n) is 3.97. The van der Waals surface area contributed by atoms with Crippen molar-refractivity contribution >= 4 is 10.9 Å². The van der Waals surface area contributed by atoms with Gasteiger partial charge in [0, 0.05) is 11.9 Å². The lowest BCUT2D eigenvalue weighted by atomic mass is 10.2. The summed E-state index contributed by atoms with van der Waals surface area (Å²) in [6.45, 7) is 6.91. The quantitative estimate of drug-likeness (QED) is 0.910. The summed E-state index contributed by atoms with van der Waals surface area (Å²) in [4.78, 5) is 0. The molecule has 2 atom stereocenters. The van der Waals surface area contributed by atoms with Gasteiger partial charge in [-0.2, -0.15) is 5.10 Å². The van der Waals surface area contributed by atoms with Gasteiger partial charge in [-0.15, -0.1) is 0 Å². The minimum absolute atomic E-state index is 0.306. The molecule has 1 aliphatic rings. The molecule has 2 aromatic rings.